The molecule has 0 fully saturated rings. The maximum Gasteiger partial charge on any atom is 0.329 e. The van der Waals surface area contributed by atoms with Crippen molar-refractivity contribution >= 4 is 34.8 Å². The van der Waals surface area contributed by atoms with Crippen molar-refractivity contribution in [2.24, 2.45) is 0 Å². The van der Waals surface area contributed by atoms with E-state index in [0.29, 0.717) is 10.9 Å². The average Bonchev–Trinajstić information content (AvgIpc) is 2.63. The highest BCUT2D eigenvalue weighted by Crippen LogP contribution is 2.22. The summed E-state index contributed by atoms with van der Waals surface area (Å²) in [4.78, 5) is 24.1. The van der Waals surface area contributed by atoms with Crippen molar-refractivity contribution in [3.63, 3.8) is 0 Å². The molecule has 0 radical (unpaired) electrons. The van der Waals surface area contributed by atoms with Crippen LogP contribution in [0.1, 0.15) is 4.88 Å². The summed E-state index contributed by atoms with van der Waals surface area (Å²) in [6.07, 6.45) is 0. The van der Waals surface area contributed by atoms with Crippen LogP contribution in [0.15, 0.2) is 12.1 Å². The standard InChI is InChI=1S/C10H12ClNO4S/c1-12(4-7-2-3-8(11)17-7)9(13)5-16-6-10(14)15/h2-3H,4-6H2,1H3,(H,14,15). The van der Waals surface area contributed by atoms with E-state index in [9.17, 15) is 9.59 Å². The van der Waals surface area contributed by atoms with Crippen LogP contribution in [0, 0.1) is 0 Å². The fraction of sp³-hybridized carbons (Fsp3) is 0.400. The van der Waals surface area contributed by atoms with Gasteiger partial charge in [-0.1, -0.05) is 11.6 Å². The summed E-state index contributed by atoms with van der Waals surface area (Å²) in [6, 6.07) is 3.61. The van der Waals surface area contributed by atoms with Crippen LogP contribution in [0.25, 0.3) is 0 Å². The summed E-state index contributed by atoms with van der Waals surface area (Å²) < 4.78 is 5.38. The Kier molecular flexibility index (Phi) is 5.40. The van der Waals surface area contributed by atoms with Crippen LogP contribution in [-0.4, -0.2) is 42.1 Å². The molecular weight excluding hydrogens is 266 g/mol. The van der Waals surface area contributed by atoms with Gasteiger partial charge in [0.15, 0.2) is 0 Å². The largest absolute Gasteiger partial charge is 0.480 e. The van der Waals surface area contributed by atoms with Crippen LogP contribution >= 0.6 is 22.9 Å². The smallest absolute Gasteiger partial charge is 0.329 e. The summed E-state index contributed by atoms with van der Waals surface area (Å²) in [7, 11) is 1.63. The molecule has 0 saturated heterocycles. The zero-order valence-electron chi connectivity index (χ0n) is 9.18. The van der Waals surface area contributed by atoms with Crippen LogP contribution in [-0.2, 0) is 20.9 Å². The number of likely N-dealkylation sites (N-methyl/N-ethyl adjacent to an activating group) is 1. The molecule has 1 rings (SSSR count). The molecule has 17 heavy (non-hydrogen) atoms. The highest BCUT2D eigenvalue weighted by Gasteiger charge is 2.11. The van der Waals surface area contributed by atoms with Crippen molar-refractivity contribution in [2.75, 3.05) is 20.3 Å². The molecule has 7 heteroatoms. The minimum Gasteiger partial charge on any atom is -0.480 e. The number of nitrogens with zero attached hydrogens (tertiary/aromatic N) is 1. The number of hydrogen-bond donors (Lipinski definition) is 1. The van der Waals surface area contributed by atoms with Crippen LogP contribution in [0.4, 0.5) is 0 Å². The fourth-order valence-electron chi connectivity index (χ4n) is 1.09. The van der Waals surface area contributed by atoms with E-state index in [2.05, 4.69) is 0 Å². The Morgan fingerprint density at radius 1 is 1.47 bits per heavy atom. The molecule has 1 amide bonds. The first-order valence-corrected chi connectivity index (χ1v) is 5.96. The first-order chi connectivity index (χ1) is 7.99. The van der Waals surface area contributed by atoms with Gasteiger partial charge in [0.2, 0.25) is 5.91 Å². The van der Waals surface area contributed by atoms with Crippen LogP contribution in [0.3, 0.4) is 0 Å². The number of carboxylic acids is 1. The Balaban J connectivity index is 2.34. The van der Waals surface area contributed by atoms with Gasteiger partial charge in [0.05, 0.1) is 10.9 Å². The number of carboxylic acid groups (broad SMARTS) is 1. The minimum absolute atomic E-state index is 0.234. The van der Waals surface area contributed by atoms with Gasteiger partial charge in [0.1, 0.15) is 13.2 Å². The van der Waals surface area contributed by atoms with Crippen LogP contribution in [0.2, 0.25) is 4.34 Å². The Morgan fingerprint density at radius 3 is 2.71 bits per heavy atom. The summed E-state index contributed by atoms with van der Waals surface area (Å²) >= 11 is 7.17. The molecule has 0 aromatic carbocycles. The van der Waals surface area contributed by atoms with E-state index in [1.54, 1.807) is 13.1 Å². The van der Waals surface area contributed by atoms with E-state index in [1.807, 2.05) is 6.07 Å². The Bertz CT molecular complexity index is 407. The predicted octanol–water partition coefficient (Wildman–Crippen LogP) is 1.46. The van der Waals surface area contributed by atoms with Crippen LogP contribution < -0.4 is 0 Å². The van der Waals surface area contributed by atoms with Gasteiger partial charge in [-0.2, -0.15) is 0 Å². The summed E-state index contributed by atoms with van der Waals surface area (Å²) in [5.74, 6) is -1.36. The number of hydrogen-bond acceptors (Lipinski definition) is 4. The molecule has 94 valence electrons. The summed E-state index contributed by atoms with van der Waals surface area (Å²) in [6.45, 7) is -0.265. The van der Waals surface area contributed by atoms with E-state index in [4.69, 9.17) is 21.4 Å². The number of carbonyl (C=O) groups is 2. The number of aliphatic carboxylic acids is 1. The first kappa shape index (κ1) is 14.0. The zero-order chi connectivity index (χ0) is 12.8. The van der Waals surface area contributed by atoms with Gasteiger partial charge < -0.3 is 14.7 Å². The summed E-state index contributed by atoms with van der Waals surface area (Å²) in [5, 5.41) is 8.34. The highest BCUT2D eigenvalue weighted by molar-refractivity contribution is 7.16. The molecule has 0 spiro atoms. The third-order valence-corrected chi connectivity index (χ3v) is 3.11. The van der Waals surface area contributed by atoms with Gasteiger partial charge in [-0.05, 0) is 12.1 Å². The lowest BCUT2D eigenvalue weighted by Gasteiger charge is -2.15. The molecule has 0 bridgehead atoms. The Hall–Kier alpha value is -1.11. The number of carbonyl (C=O) groups excluding carboxylic acids is 1. The van der Waals surface area contributed by atoms with E-state index < -0.39 is 12.6 Å². The molecule has 1 heterocycles. The van der Waals surface area contributed by atoms with E-state index in [1.165, 1.54) is 16.2 Å². The number of ether oxygens (including phenoxy) is 1. The molecule has 1 aromatic heterocycles. The Morgan fingerprint density at radius 2 is 2.18 bits per heavy atom. The van der Waals surface area contributed by atoms with Crippen molar-refractivity contribution in [3.8, 4) is 0 Å². The number of thiophene rings is 1. The fourth-order valence-corrected chi connectivity index (χ4v) is 2.24. The van der Waals surface area contributed by atoms with Gasteiger partial charge in [0, 0.05) is 11.9 Å². The SMILES string of the molecule is CN(Cc1ccc(Cl)s1)C(=O)COCC(=O)O. The number of halogens is 1. The number of rotatable bonds is 6. The Labute approximate surface area is 108 Å². The molecule has 0 unspecified atom stereocenters. The van der Waals surface area contributed by atoms with Crippen molar-refractivity contribution in [2.45, 2.75) is 6.54 Å². The molecule has 0 aliphatic carbocycles. The van der Waals surface area contributed by atoms with E-state index in [0.717, 1.165) is 4.88 Å². The normalized spacial score (nSPS) is 10.2. The molecule has 0 atom stereocenters. The van der Waals surface area contributed by atoms with E-state index >= 15 is 0 Å². The van der Waals surface area contributed by atoms with Gasteiger partial charge in [-0.15, -0.1) is 11.3 Å². The molecule has 1 N–H and O–H groups in total. The van der Waals surface area contributed by atoms with Crippen LogP contribution in [0.5, 0.6) is 0 Å². The van der Waals surface area contributed by atoms with Gasteiger partial charge >= 0.3 is 5.97 Å². The second-order valence-electron chi connectivity index (χ2n) is 3.34. The maximum absolute atomic E-state index is 11.5. The quantitative estimate of drug-likeness (QED) is 0.855. The maximum atomic E-state index is 11.5. The van der Waals surface area contributed by atoms with Gasteiger partial charge in [-0.3, -0.25) is 4.79 Å². The third kappa shape index (κ3) is 5.16. The molecule has 0 aliphatic heterocycles. The minimum atomic E-state index is -1.09. The lowest BCUT2D eigenvalue weighted by molar-refractivity contribution is -0.145. The van der Waals surface area contributed by atoms with Crippen molar-refractivity contribution < 1.29 is 19.4 Å². The topological polar surface area (TPSA) is 66.8 Å². The summed E-state index contributed by atoms with van der Waals surface area (Å²) in [5.41, 5.74) is 0. The second kappa shape index (κ2) is 6.58. The molecule has 0 aliphatic rings. The van der Waals surface area contributed by atoms with Crippen molar-refractivity contribution in [1.29, 1.82) is 0 Å². The average molecular weight is 278 g/mol. The molecular formula is C10H12ClNO4S. The predicted molar refractivity (Wildman–Crippen MR) is 64.3 cm³/mol. The van der Waals surface area contributed by atoms with Crippen molar-refractivity contribution in [3.05, 3.63) is 21.3 Å². The molecule has 5 nitrogen and oxygen atoms in total. The van der Waals surface area contributed by atoms with Gasteiger partial charge in [0.25, 0.3) is 0 Å². The zero-order valence-corrected chi connectivity index (χ0v) is 10.8. The third-order valence-electron chi connectivity index (χ3n) is 1.90. The monoisotopic (exact) mass is 277 g/mol. The number of amides is 1. The highest BCUT2D eigenvalue weighted by atomic mass is 35.5. The molecule has 0 saturated carbocycles. The molecule has 1 aromatic rings. The lowest BCUT2D eigenvalue weighted by Crippen LogP contribution is -2.30. The van der Waals surface area contributed by atoms with E-state index in [-0.39, 0.29) is 12.5 Å². The lowest BCUT2D eigenvalue weighted by atomic mass is 10.4. The van der Waals surface area contributed by atoms with Crippen molar-refractivity contribution in [1.82, 2.24) is 4.90 Å². The first-order valence-electron chi connectivity index (χ1n) is 4.76. The van der Waals surface area contributed by atoms with Gasteiger partial charge in [-0.25, -0.2) is 4.79 Å². The second-order valence-corrected chi connectivity index (χ2v) is 5.14.